The first-order chi connectivity index (χ1) is 11.6. The van der Waals surface area contributed by atoms with E-state index in [0.717, 1.165) is 28.1 Å². The van der Waals surface area contributed by atoms with Crippen molar-refractivity contribution < 1.29 is 9.53 Å². The molecule has 2 aromatic heterocycles. The van der Waals surface area contributed by atoms with Crippen molar-refractivity contribution >= 4 is 51.4 Å². The van der Waals surface area contributed by atoms with Gasteiger partial charge in [0.25, 0.3) is 0 Å². The fraction of sp³-hybridized carbons (Fsp3) is 0.278. The molecule has 132 valence electrons. The number of fused-ring (bicyclic) bond motifs is 1. The predicted molar refractivity (Wildman–Crippen MR) is 104 cm³/mol. The van der Waals surface area contributed by atoms with Crippen molar-refractivity contribution in [3.05, 3.63) is 46.6 Å². The number of hydrogen-bond donors (Lipinski definition) is 1. The number of ether oxygens (including phenoxy) is 1. The zero-order valence-electron chi connectivity index (χ0n) is 14.3. The molecule has 0 bridgehead atoms. The van der Waals surface area contributed by atoms with Gasteiger partial charge in [-0.25, -0.2) is 14.8 Å². The minimum atomic E-state index is -0.294. The van der Waals surface area contributed by atoms with Crippen LogP contribution in [-0.2, 0) is 4.74 Å². The summed E-state index contributed by atoms with van der Waals surface area (Å²) in [7, 11) is 0. The van der Waals surface area contributed by atoms with Crippen LogP contribution in [0.25, 0.3) is 10.2 Å². The number of rotatable bonds is 5. The molecule has 25 heavy (non-hydrogen) atoms. The number of esters is 1. The second-order valence-electron chi connectivity index (χ2n) is 5.52. The molecule has 0 saturated carbocycles. The van der Waals surface area contributed by atoms with Gasteiger partial charge in [0.05, 0.1) is 17.6 Å². The van der Waals surface area contributed by atoms with E-state index in [-0.39, 0.29) is 18.4 Å². The van der Waals surface area contributed by atoms with Crippen molar-refractivity contribution in [3.63, 3.8) is 0 Å². The van der Waals surface area contributed by atoms with E-state index in [1.165, 1.54) is 10.4 Å². The van der Waals surface area contributed by atoms with Gasteiger partial charge in [0, 0.05) is 10.6 Å². The quantitative estimate of drug-likeness (QED) is 0.631. The Hall–Kier alpha value is -2.18. The molecule has 1 aromatic carbocycles. The van der Waals surface area contributed by atoms with Crippen LogP contribution in [0.15, 0.2) is 30.6 Å². The summed E-state index contributed by atoms with van der Waals surface area (Å²) in [5.41, 5.74) is 2.60. The monoisotopic (exact) mass is 377 g/mol. The first-order valence-electron chi connectivity index (χ1n) is 7.85. The highest BCUT2D eigenvalue weighted by Crippen LogP contribution is 2.33. The molecule has 3 rings (SSSR count). The summed E-state index contributed by atoms with van der Waals surface area (Å²) in [5, 5.41) is 4.36. The van der Waals surface area contributed by atoms with Gasteiger partial charge in [-0.05, 0) is 50.1 Å². The lowest BCUT2D eigenvalue weighted by Crippen LogP contribution is -2.05. The number of carbonyl (C=O) groups excluding carboxylic acids is 1. The average molecular weight is 378 g/mol. The van der Waals surface area contributed by atoms with Gasteiger partial charge >= 0.3 is 5.97 Å². The Morgan fingerprint density at radius 1 is 1.20 bits per heavy atom. The van der Waals surface area contributed by atoms with Gasteiger partial charge in [-0.3, -0.25) is 0 Å². The lowest BCUT2D eigenvalue weighted by molar-refractivity contribution is 0.0505. The fourth-order valence-electron chi connectivity index (χ4n) is 2.38. The summed E-state index contributed by atoms with van der Waals surface area (Å²) in [6.07, 6.45) is 2.38. The van der Waals surface area contributed by atoms with Crippen LogP contribution in [0.5, 0.6) is 0 Å². The van der Waals surface area contributed by atoms with Crippen molar-refractivity contribution in [3.8, 4) is 0 Å². The molecule has 1 N–H and O–H groups in total. The standard InChI is InChI=1S/C18H19N3O2S.ClH/c1-4-9-23-18(22)13-5-7-14(8-6-13)21-16-15-11(2)12(3)24-17(15)20-10-19-16;/h5-8,10H,4,9H2,1-3H3,(H,19,20,21);1H. The molecular formula is C18H20ClN3O2S. The molecule has 2 heterocycles. The third-order valence-corrected chi connectivity index (χ3v) is 4.90. The van der Waals surface area contributed by atoms with E-state index >= 15 is 0 Å². The van der Waals surface area contributed by atoms with Crippen LogP contribution in [0.4, 0.5) is 11.5 Å². The van der Waals surface area contributed by atoms with Crippen LogP contribution in [0.2, 0.25) is 0 Å². The summed E-state index contributed by atoms with van der Waals surface area (Å²) in [6.45, 7) is 6.57. The van der Waals surface area contributed by atoms with Gasteiger partial charge in [-0.15, -0.1) is 23.7 Å². The van der Waals surface area contributed by atoms with E-state index in [4.69, 9.17) is 4.74 Å². The maximum absolute atomic E-state index is 11.8. The van der Waals surface area contributed by atoms with Crippen LogP contribution in [-0.4, -0.2) is 22.5 Å². The molecule has 0 radical (unpaired) electrons. The summed E-state index contributed by atoms with van der Waals surface area (Å²) in [6, 6.07) is 7.21. The van der Waals surface area contributed by atoms with Gasteiger partial charge in [0.15, 0.2) is 0 Å². The van der Waals surface area contributed by atoms with Crippen LogP contribution < -0.4 is 5.32 Å². The molecule has 0 spiro atoms. The number of nitrogens with zero attached hydrogens (tertiary/aromatic N) is 2. The van der Waals surface area contributed by atoms with Crippen molar-refractivity contribution in [1.82, 2.24) is 9.97 Å². The Labute approximate surface area is 156 Å². The lowest BCUT2D eigenvalue weighted by Gasteiger charge is -2.08. The van der Waals surface area contributed by atoms with Gasteiger partial charge in [-0.2, -0.15) is 0 Å². The molecule has 7 heteroatoms. The second-order valence-corrected chi connectivity index (χ2v) is 6.73. The number of aromatic nitrogens is 2. The molecule has 0 aliphatic rings. The molecular weight excluding hydrogens is 358 g/mol. The lowest BCUT2D eigenvalue weighted by atomic mass is 10.2. The minimum absolute atomic E-state index is 0. The molecule has 3 aromatic rings. The predicted octanol–water partition coefficient (Wildman–Crippen LogP) is 5.04. The van der Waals surface area contributed by atoms with Crippen molar-refractivity contribution in [2.75, 3.05) is 11.9 Å². The highest BCUT2D eigenvalue weighted by molar-refractivity contribution is 7.18. The number of thiophene rings is 1. The van der Waals surface area contributed by atoms with Crippen molar-refractivity contribution in [2.45, 2.75) is 27.2 Å². The largest absolute Gasteiger partial charge is 0.462 e. The molecule has 0 atom stereocenters. The van der Waals surface area contributed by atoms with E-state index in [1.54, 1.807) is 29.8 Å². The topological polar surface area (TPSA) is 64.1 Å². The maximum atomic E-state index is 11.8. The first-order valence-corrected chi connectivity index (χ1v) is 8.66. The minimum Gasteiger partial charge on any atom is -0.462 e. The number of carbonyl (C=O) groups is 1. The van der Waals surface area contributed by atoms with Crippen molar-refractivity contribution in [1.29, 1.82) is 0 Å². The van der Waals surface area contributed by atoms with Crippen LogP contribution in [0, 0.1) is 13.8 Å². The van der Waals surface area contributed by atoms with Gasteiger partial charge in [0.2, 0.25) is 0 Å². The van der Waals surface area contributed by atoms with E-state index in [2.05, 4.69) is 29.1 Å². The van der Waals surface area contributed by atoms with Gasteiger partial charge in [0.1, 0.15) is 17.0 Å². The third kappa shape index (κ3) is 4.08. The smallest absolute Gasteiger partial charge is 0.338 e. The highest BCUT2D eigenvalue weighted by Gasteiger charge is 2.12. The van der Waals surface area contributed by atoms with E-state index in [9.17, 15) is 4.79 Å². The Morgan fingerprint density at radius 2 is 1.92 bits per heavy atom. The fourth-order valence-corrected chi connectivity index (χ4v) is 3.38. The van der Waals surface area contributed by atoms with Gasteiger partial charge < -0.3 is 10.1 Å². The average Bonchev–Trinajstić information content (AvgIpc) is 2.89. The molecule has 0 aliphatic heterocycles. The molecule has 0 fully saturated rings. The van der Waals surface area contributed by atoms with E-state index in [0.29, 0.717) is 12.2 Å². The zero-order valence-corrected chi connectivity index (χ0v) is 16.0. The van der Waals surface area contributed by atoms with E-state index in [1.807, 2.05) is 19.1 Å². The molecule has 0 aliphatic carbocycles. The molecule has 0 unspecified atom stereocenters. The Bertz CT molecular complexity index is 878. The summed E-state index contributed by atoms with van der Waals surface area (Å²) in [5.74, 6) is 0.486. The summed E-state index contributed by atoms with van der Waals surface area (Å²) < 4.78 is 5.13. The summed E-state index contributed by atoms with van der Waals surface area (Å²) in [4.78, 5) is 22.8. The highest BCUT2D eigenvalue weighted by atomic mass is 35.5. The normalized spacial score (nSPS) is 10.4. The molecule has 0 saturated heterocycles. The number of benzene rings is 1. The number of anilines is 2. The second kappa shape index (κ2) is 8.27. The van der Waals surface area contributed by atoms with Gasteiger partial charge in [-0.1, -0.05) is 6.92 Å². The summed E-state index contributed by atoms with van der Waals surface area (Å²) >= 11 is 1.67. The molecule has 5 nitrogen and oxygen atoms in total. The third-order valence-electron chi connectivity index (χ3n) is 3.79. The SMILES string of the molecule is CCCOC(=O)c1ccc(Nc2ncnc3sc(C)c(C)c23)cc1.Cl. The first kappa shape index (κ1) is 19.1. The number of nitrogens with one attached hydrogen (secondary N) is 1. The Balaban J connectivity index is 0.00000225. The molecule has 0 amide bonds. The zero-order chi connectivity index (χ0) is 17.1. The number of hydrogen-bond acceptors (Lipinski definition) is 6. The van der Waals surface area contributed by atoms with E-state index < -0.39 is 0 Å². The Kier molecular flexibility index (Phi) is 6.33. The van der Waals surface area contributed by atoms with Crippen molar-refractivity contribution in [2.24, 2.45) is 0 Å². The van der Waals surface area contributed by atoms with Crippen LogP contribution in [0.3, 0.4) is 0 Å². The maximum Gasteiger partial charge on any atom is 0.338 e. The number of aryl methyl sites for hydroxylation is 2. The van der Waals surface area contributed by atoms with Crippen LogP contribution >= 0.6 is 23.7 Å². The Morgan fingerprint density at radius 3 is 2.60 bits per heavy atom. The number of halogens is 1. The van der Waals surface area contributed by atoms with Crippen LogP contribution in [0.1, 0.15) is 34.1 Å².